The van der Waals surface area contributed by atoms with Gasteiger partial charge < -0.3 is 15.5 Å². The van der Waals surface area contributed by atoms with Gasteiger partial charge in [0.2, 0.25) is 0 Å². The van der Waals surface area contributed by atoms with E-state index in [1.54, 1.807) is 0 Å². The van der Waals surface area contributed by atoms with E-state index in [0.29, 0.717) is 11.6 Å². The molecular formula is C18H27N3O. The molecule has 1 unspecified atom stereocenters. The maximum absolute atomic E-state index is 12.7. The van der Waals surface area contributed by atoms with E-state index in [0.717, 1.165) is 37.2 Å². The van der Waals surface area contributed by atoms with Gasteiger partial charge >= 0.3 is 0 Å². The molecule has 2 N–H and O–H groups in total. The quantitative estimate of drug-likeness (QED) is 0.873. The van der Waals surface area contributed by atoms with Crippen LogP contribution in [0.4, 0.5) is 5.69 Å². The number of benzene rings is 1. The zero-order valence-corrected chi connectivity index (χ0v) is 13.6. The highest BCUT2D eigenvalue weighted by atomic mass is 16.2. The van der Waals surface area contributed by atoms with E-state index in [4.69, 9.17) is 5.73 Å². The van der Waals surface area contributed by atoms with Crippen molar-refractivity contribution in [3.05, 3.63) is 29.3 Å². The summed E-state index contributed by atoms with van der Waals surface area (Å²) in [5.74, 6) is 0.773. The van der Waals surface area contributed by atoms with Crippen LogP contribution in [0.1, 0.15) is 41.6 Å². The smallest absolute Gasteiger partial charge is 0.254 e. The topological polar surface area (TPSA) is 49.6 Å². The molecule has 1 atom stereocenters. The molecule has 2 saturated heterocycles. The van der Waals surface area contributed by atoms with Crippen LogP contribution in [0.15, 0.2) is 18.2 Å². The molecule has 120 valence electrons. The minimum atomic E-state index is 0.144. The van der Waals surface area contributed by atoms with Crippen molar-refractivity contribution >= 4 is 11.6 Å². The van der Waals surface area contributed by atoms with Crippen LogP contribution in [0.3, 0.4) is 0 Å². The SMILES string of the molecule is Cc1ccc(N)cc1C(=O)N1CCC(CN2CCCCC2)C1. The summed E-state index contributed by atoms with van der Waals surface area (Å²) in [6.45, 7) is 7.38. The number of nitrogens with two attached hydrogens (primary N) is 1. The van der Waals surface area contributed by atoms with Crippen molar-refractivity contribution in [2.75, 3.05) is 38.5 Å². The number of nitrogens with zero attached hydrogens (tertiary/aromatic N) is 2. The number of nitrogen functional groups attached to an aromatic ring is 1. The second kappa shape index (κ2) is 6.69. The van der Waals surface area contributed by atoms with Gasteiger partial charge in [0.25, 0.3) is 5.91 Å². The molecule has 3 rings (SSSR count). The van der Waals surface area contributed by atoms with Crippen molar-refractivity contribution in [3.63, 3.8) is 0 Å². The van der Waals surface area contributed by atoms with Gasteiger partial charge in [-0.05, 0) is 62.9 Å². The second-order valence-corrected chi connectivity index (χ2v) is 6.84. The molecule has 1 aromatic rings. The number of carbonyl (C=O) groups is 1. The predicted molar refractivity (Wildman–Crippen MR) is 89.9 cm³/mol. The fourth-order valence-electron chi connectivity index (χ4n) is 3.71. The van der Waals surface area contributed by atoms with Crippen molar-refractivity contribution in [1.29, 1.82) is 0 Å². The number of likely N-dealkylation sites (tertiary alicyclic amines) is 2. The summed E-state index contributed by atoms with van der Waals surface area (Å²) in [6.07, 6.45) is 5.17. The monoisotopic (exact) mass is 301 g/mol. The van der Waals surface area contributed by atoms with Crippen molar-refractivity contribution < 1.29 is 4.79 Å². The fourth-order valence-corrected chi connectivity index (χ4v) is 3.71. The first-order valence-corrected chi connectivity index (χ1v) is 8.51. The van der Waals surface area contributed by atoms with Gasteiger partial charge in [0.1, 0.15) is 0 Å². The highest BCUT2D eigenvalue weighted by Crippen LogP contribution is 2.23. The van der Waals surface area contributed by atoms with E-state index in [9.17, 15) is 4.79 Å². The summed E-state index contributed by atoms with van der Waals surface area (Å²) in [5, 5.41) is 0. The van der Waals surface area contributed by atoms with Crippen LogP contribution < -0.4 is 5.73 Å². The van der Waals surface area contributed by atoms with Gasteiger partial charge in [0, 0.05) is 30.9 Å². The van der Waals surface area contributed by atoms with Crippen LogP contribution >= 0.6 is 0 Å². The van der Waals surface area contributed by atoms with Gasteiger partial charge in [0.15, 0.2) is 0 Å². The van der Waals surface area contributed by atoms with Gasteiger partial charge in [-0.25, -0.2) is 0 Å². The first-order chi connectivity index (χ1) is 10.6. The molecule has 4 nitrogen and oxygen atoms in total. The third-order valence-electron chi connectivity index (χ3n) is 5.03. The Morgan fingerprint density at radius 1 is 1.23 bits per heavy atom. The van der Waals surface area contributed by atoms with Crippen LogP contribution in [-0.4, -0.2) is 48.4 Å². The number of rotatable bonds is 3. The minimum Gasteiger partial charge on any atom is -0.399 e. The first-order valence-electron chi connectivity index (χ1n) is 8.51. The van der Waals surface area contributed by atoms with Gasteiger partial charge in [-0.15, -0.1) is 0 Å². The van der Waals surface area contributed by atoms with Gasteiger partial charge in [-0.2, -0.15) is 0 Å². The molecule has 2 aliphatic rings. The van der Waals surface area contributed by atoms with Gasteiger partial charge in [-0.3, -0.25) is 4.79 Å². The third kappa shape index (κ3) is 3.43. The van der Waals surface area contributed by atoms with E-state index < -0.39 is 0 Å². The van der Waals surface area contributed by atoms with Gasteiger partial charge in [0.05, 0.1) is 0 Å². The molecule has 0 spiro atoms. The summed E-state index contributed by atoms with van der Waals surface area (Å²) in [4.78, 5) is 17.3. The molecule has 0 radical (unpaired) electrons. The summed E-state index contributed by atoms with van der Waals surface area (Å²) >= 11 is 0. The van der Waals surface area contributed by atoms with Crippen molar-refractivity contribution in [1.82, 2.24) is 9.80 Å². The van der Waals surface area contributed by atoms with Crippen molar-refractivity contribution in [3.8, 4) is 0 Å². The lowest BCUT2D eigenvalue weighted by atomic mass is 10.1. The molecule has 22 heavy (non-hydrogen) atoms. The lowest BCUT2D eigenvalue weighted by Crippen LogP contribution is -2.36. The second-order valence-electron chi connectivity index (χ2n) is 6.84. The van der Waals surface area contributed by atoms with E-state index in [1.807, 2.05) is 30.0 Å². The molecule has 0 bridgehead atoms. The molecule has 1 amide bonds. The third-order valence-corrected chi connectivity index (χ3v) is 5.03. The molecular weight excluding hydrogens is 274 g/mol. The predicted octanol–water partition coefficient (Wildman–Crippen LogP) is 2.53. The van der Waals surface area contributed by atoms with Crippen LogP contribution in [0, 0.1) is 12.8 Å². The number of amides is 1. The molecule has 2 fully saturated rings. The lowest BCUT2D eigenvalue weighted by Gasteiger charge is -2.29. The van der Waals surface area contributed by atoms with E-state index in [2.05, 4.69) is 4.90 Å². The maximum atomic E-state index is 12.7. The normalized spacial score (nSPS) is 23.0. The Morgan fingerprint density at radius 3 is 2.77 bits per heavy atom. The summed E-state index contributed by atoms with van der Waals surface area (Å²) in [6, 6.07) is 5.61. The molecule has 0 saturated carbocycles. The van der Waals surface area contributed by atoms with Crippen molar-refractivity contribution in [2.45, 2.75) is 32.6 Å². The summed E-state index contributed by atoms with van der Waals surface area (Å²) in [7, 11) is 0. The minimum absolute atomic E-state index is 0.144. The zero-order chi connectivity index (χ0) is 15.5. The van der Waals surface area contributed by atoms with Crippen LogP contribution in [0.5, 0.6) is 0 Å². The Labute approximate surface area is 133 Å². The van der Waals surface area contributed by atoms with Crippen molar-refractivity contribution in [2.24, 2.45) is 5.92 Å². The fraction of sp³-hybridized carbons (Fsp3) is 0.611. The standard InChI is InChI=1S/C18H27N3O/c1-14-5-6-16(19)11-17(14)18(22)21-10-7-15(13-21)12-20-8-3-2-4-9-20/h5-6,11,15H,2-4,7-10,12-13,19H2,1H3. The molecule has 2 heterocycles. The Morgan fingerprint density at radius 2 is 2.00 bits per heavy atom. The number of aryl methyl sites for hydroxylation is 1. The highest BCUT2D eigenvalue weighted by molar-refractivity contribution is 5.96. The molecule has 4 heteroatoms. The largest absolute Gasteiger partial charge is 0.399 e. The number of hydrogen-bond donors (Lipinski definition) is 1. The van der Waals surface area contributed by atoms with E-state index in [1.165, 1.54) is 32.4 Å². The molecule has 2 aliphatic heterocycles. The van der Waals surface area contributed by atoms with Gasteiger partial charge in [-0.1, -0.05) is 12.5 Å². The Balaban J connectivity index is 1.59. The number of hydrogen-bond acceptors (Lipinski definition) is 3. The molecule has 0 aromatic heterocycles. The molecule has 1 aromatic carbocycles. The first kappa shape index (κ1) is 15.3. The van der Waals surface area contributed by atoms with Crippen LogP contribution in [0.2, 0.25) is 0 Å². The maximum Gasteiger partial charge on any atom is 0.254 e. The average molecular weight is 301 g/mol. The zero-order valence-electron chi connectivity index (χ0n) is 13.6. The Kier molecular flexibility index (Phi) is 4.67. The summed E-state index contributed by atoms with van der Waals surface area (Å²) < 4.78 is 0. The number of carbonyl (C=O) groups excluding carboxylic acids is 1. The average Bonchev–Trinajstić information content (AvgIpc) is 2.98. The number of piperidine rings is 1. The lowest BCUT2D eigenvalue weighted by molar-refractivity contribution is 0.0781. The highest BCUT2D eigenvalue weighted by Gasteiger charge is 2.29. The van der Waals surface area contributed by atoms with E-state index >= 15 is 0 Å². The number of anilines is 1. The van der Waals surface area contributed by atoms with Crippen LogP contribution in [0.25, 0.3) is 0 Å². The summed E-state index contributed by atoms with van der Waals surface area (Å²) in [5.41, 5.74) is 8.28. The molecule has 0 aliphatic carbocycles. The Bertz CT molecular complexity index is 537. The van der Waals surface area contributed by atoms with Crippen LogP contribution in [-0.2, 0) is 0 Å². The van der Waals surface area contributed by atoms with E-state index in [-0.39, 0.29) is 5.91 Å². The Hall–Kier alpha value is -1.55.